The highest BCUT2D eigenvalue weighted by molar-refractivity contribution is 4.73. The highest BCUT2D eigenvalue weighted by Crippen LogP contribution is 2.01. The van der Waals surface area contributed by atoms with Crippen LogP contribution in [0.4, 0.5) is 0 Å². The molecule has 1 heterocycles. The lowest BCUT2D eigenvalue weighted by atomic mass is 10.3. The van der Waals surface area contributed by atoms with E-state index in [0.717, 1.165) is 26.2 Å². The molecule has 0 unspecified atom stereocenters. The molecule has 0 spiro atoms. The van der Waals surface area contributed by atoms with Gasteiger partial charge in [0.15, 0.2) is 0 Å². The van der Waals surface area contributed by atoms with Gasteiger partial charge in [-0.05, 0) is 19.5 Å². The first-order chi connectivity index (χ1) is 9.80. The molecule has 5 heteroatoms. The molecule has 1 saturated heterocycles. The van der Waals surface area contributed by atoms with E-state index in [9.17, 15) is 0 Å². The van der Waals surface area contributed by atoms with Crippen LogP contribution in [0.1, 0.15) is 20.3 Å². The first-order valence-corrected chi connectivity index (χ1v) is 8.38. The van der Waals surface area contributed by atoms with Crippen LogP contribution >= 0.6 is 0 Å². The summed E-state index contributed by atoms with van der Waals surface area (Å²) in [4.78, 5) is 7.73. The summed E-state index contributed by atoms with van der Waals surface area (Å²) in [5.41, 5.74) is 5.47. The quantitative estimate of drug-likeness (QED) is 0.519. The van der Waals surface area contributed by atoms with Gasteiger partial charge in [0.1, 0.15) is 0 Å². The maximum Gasteiger partial charge on any atom is 0.0110 e. The van der Waals surface area contributed by atoms with E-state index < -0.39 is 0 Å². The molecular formula is C15H35N5. The Morgan fingerprint density at radius 2 is 1.60 bits per heavy atom. The number of hydrogen-bond donors (Lipinski definition) is 2. The molecule has 0 aromatic rings. The second-order valence-corrected chi connectivity index (χ2v) is 5.66. The van der Waals surface area contributed by atoms with E-state index in [4.69, 9.17) is 5.73 Å². The minimum absolute atomic E-state index is 0.736. The molecule has 1 fully saturated rings. The summed E-state index contributed by atoms with van der Waals surface area (Å²) < 4.78 is 0. The number of rotatable bonds is 11. The van der Waals surface area contributed by atoms with Gasteiger partial charge < -0.3 is 16.0 Å². The molecule has 0 amide bonds. The number of nitrogens with one attached hydrogen (secondary N) is 1. The number of nitrogens with zero attached hydrogens (tertiary/aromatic N) is 3. The molecule has 3 N–H and O–H groups in total. The van der Waals surface area contributed by atoms with Crippen LogP contribution in [0.2, 0.25) is 0 Å². The van der Waals surface area contributed by atoms with Crippen molar-refractivity contribution in [1.82, 2.24) is 20.0 Å². The zero-order chi connectivity index (χ0) is 14.6. The van der Waals surface area contributed by atoms with Crippen molar-refractivity contribution in [3.05, 3.63) is 0 Å². The Kier molecular flexibility index (Phi) is 10.2. The predicted molar refractivity (Wildman–Crippen MR) is 87.2 cm³/mol. The predicted octanol–water partition coefficient (Wildman–Crippen LogP) is -0.116. The molecule has 0 radical (unpaired) electrons. The third-order valence-electron chi connectivity index (χ3n) is 4.11. The van der Waals surface area contributed by atoms with Gasteiger partial charge in [0.2, 0.25) is 0 Å². The minimum Gasteiger partial charge on any atom is -0.329 e. The van der Waals surface area contributed by atoms with Gasteiger partial charge in [-0.15, -0.1) is 0 Å². The third kappa shape index (κ3) is 7.55. The number of likely N-dealkylation sites (N-methyl/N-ethyl adjacent to an activating group) is 1. The van der Waals surface area contributed by atoms with Crippen molar-refractivity contribution < 1.29 is 0 Å². The van der Waals surface area contributed by atoms with Gasteiger partial charge in [-0.1, -0.05) is 13.8 Å². The van der Waals surface area contributed by atoms with E-state index in [1.54, 1.807) is 0 Å². The first-order valence-electron chi connectivity index (χ1n) is 8.38. The van der Waals surface area contributed by atoms with Crippen LogP contribution < -0.4 is 11.1 Å². The summed E-state index contributed by atoms with van der Waals surface area (Å²) in [6, 6.07) is 0. The number of hydrogen-bond acceptors (Lipinski definition) is 5. The lowest BCUT2D eigenvalue weighted by molar-refractivity contribution is 0.120. The van der Waals surface area contributed by atoms with Gasteiger partial charge in [0, 0.05) is 65.4 Å². The van der Waals surface area contributed by atoms with Gasteiger partial charge in [-0.3, -0.25) is 9.80 Å². The molecule has 0 aromatic carbocycles. The van der Waals surface area contributed by atoms with E-state index >= 15 is 0 Å². The molecule has 0 atom stereocenters. The van der Waals surface area contributed by atoms with Crippen molar-refractivity contribution in [2.75, 3.05) is 78.5 Å². The van der Waals surface area contributed by atoms with E-state index in [2.05, 4.69) is 33.9 Å². The Labute approximate surface area is 125 Å². The van der Waals surface area contributed by atoms with E-state index in [-0.39, 0.29) is 0 Å². The van der Waals surface area contributed by atoms with E-state index in [1.165, 1.54) is 58.8 Å². The van der Waals surface area contributed by atoms with Crippen LogP contribution in [-0.2, 0) is 0 Å². The summed E-state index contributed by atoms with van der Waals surface area (Å²) in [6.45, 7) is 18.2. The topological polar surface area (TPSA) is 47.8 Å². The van der Waals surface area contributed by atoms with Crippen LogP contribution in [0.5, 0.6) is 0 Å². The van der Waals surface area contributed by atoms with Crippen molar-refractivity contribution in [3.8, 4) is 0 Å². The molecule has 1 aliphatic heterocycles. The van der Waals surface area contributed by atoms with Crippen molar-refractivity contribution in [1.29, 1.82) is 0 Å². The molecule has 0 bridgehead atoms. The number of nitrogens with two attached hydrogens (primary N) is 1. The molecule has 0 saturated carbocycles. The molecule has 5 nitrogen and oxygen atoms in total. The SMILES string of the molecule is CCCN(CC)CCN1CCN(CCNCCN)CC1. The zero-order valence-corrected chi connectivity index (χ0v) is 13.6. The minimum atomic E-state index is 0.736. The fraction of sp³-hybridized carbons (Fsp3) is 1.00. The molecule has 20 heavy (non-hydrogen) atoms. The van der Waals surface area contributed by atoms with Gasteiger partial charge >= 0.3 is 0 Å². The molecular weight excluding hydrogens is 250 g/mol. The normalized spacial score (nSPS) is 18.0. The van der Waals surface area contributed by atoms with Crippen molar-refractivity contribution >= 4 is 0 Å². The smallest absolute Gasteiger partial charge is 0.0110 e. The van der Waals surface area contributed by atoms with Crippen LogP contribution in [0.25, 0.3) is 0 Å². The Morgan fingerprint density at radius 3 is 2.15 bits per heavy atom. The Hall–Kier alpha value is -0.200. The summed E-state index contributed by atoms with van der Waals surface area (Å²) in [7, 11) is 0. The van der Waals surface area contributed by atoms with Gasteiger partial charge in [0.25, 0.3) is 0 Å². The summed E-state index contributed by atoms with van der Waals surface area (Å²) in [5.74, 6) is 0. The lowest BCUT2D eigenvalue weighted by Crippen LogP contribution is -2.49. The molecule has 1 aliphatic rings. The van der Waals surface area contributed by atoms with Crippen LogP contribution in [0, 0.1) is 0 Å². The largest absolute Gasteiger partial charge is 0.329 e. The van der Waals surface area contributed by atoms with Crippen molar-refractivity contribution in [3.63, 3.8) is 0 Å². The molecule has 120 valence electrons. The highest BCUT2D eigenvalue weighted by Gasteiger charge is 2.16. The molecule has 1 rings (SSSR count). The van der Waals surface area contributed by atoms with Crippen molar-refractivity contribution in [2.45, 2.75) is 20.3 Å². The maximum absolute atomic E-state index is 5.47. The average molecular weight is 285 g/mol. The Balaban J connectivity index is 2.06. The Morgan fingerprint density at radius 1 is 0.950 bits per heavy atom. The standard InChI is InChI=1S/C15H35N5/c1-3-8-18(4-2)10-11-20-14-12-19(13-15-20)9-7-17-6-5-16/h17H,3-16H2,1-2H3. The highest BCUT2D eigenvalue weighted by atomic mass is 15.3. The monoisotopic (exact) mass is 285 g/mol. The average Bonchev–Trinajstić information content (AvgIpc) is 2.49. The van der Waals surface area contributed by atoms with Crippen molar-refractivity contribution in [2.24, 2.45) is 5.73 Å². The lowest BCUT2D eigenvalue weighted by Gasteiger charge is -2.35. The number of piperazine rings is 1. The van der Waals surface area contributed by atoms with E-state index in [0.29, 0.717) is 0 Å². The zero-order valence-electron chi connectivity index (χ0n) is 13.6. The maximum atomic E-state index is 5.47. The van der Waals surface area contributed by atoms with Gasteiger partial charge in [-0.25, -0.2) is 0 Å². The third-order valence-corrected chi connectivity index (χ3v) is 4.11. The fourth-order valence-corrected chi connectivity index (χ4v) is 2.73. The second-order valence-electron chi connectivity index (χ2n) is 5.66. The summed E-state index contributed by atoms with van der Waals surface area (Å²) >= 11 is 0. The summed E-state index contributed by atoms with van der Waals surface area (Å²) in [6.07, 6.45) is 1.26. The van der Waals surface area contributed by atoms with E-state index in [1.807, 2.05) is 0 Å². The van der Waals surface area contributed by atoms with Crippen LogP contribution in [-0.4, -0.2) is 93.2 Å². The second kappa shape index (κ2) is 11.5. The fourth-order valence-electron chi connectivity index (χ4n) is 2.73. The van der Waals surface area contributed by atoms with Gasteiger partial charge in [-0.2, -0.15) is 0 Å². The molecule has 0 aliphatic carbocycles. The Bertz CT molecular complexity index is 216. The van der Waals surface area contributed by atoms with Gasteiger partial charge in [0.05, 0.1) is 0 Å². The van der Waals surface area contributed by atoms with Crippen LogP contribution in [0.3, 0.4) is 0 Å². The summed E-state index contributed by atoms with van der Waals surface area (Å²) in [5, 5.41) is 3.37. The molecule has 0 aromatic heterocycles. The first kappa shape index (κ1) is 17.9. The van der Waals surface area contributed by atoms with Crippen LogP contribution in [0.15, 0.2) is 0 Å².